The van der Waals surface area contributed by atoms with Crippen molar-refractivity contribution in [1.29, 1.82) is 0 Å². The van der Waals surface area contributed by atoms with Crippen molar-refractivity contribution < 1.29 is 9.59 Å². The number of hydrogen-bond acceptors (Lipinski definition) is 3. The van der Waals surface area contributed by atoms with Gasteiger partial charge in [-0.15, -0.1) is 0 Å². The SMILES string of the molecule is C[C@H]1C[C@H](C)CN(CC(=O)c2c[nH]c(C(=O)N3CCCC3)c2)C1. The third-order valence-electron chi connectivity index (χ3n) is 4.94. The molecule has 2 fully saturated rings. The molecular weight excluding hydrogens is 290 g/mol. The van der Waals surface area contributed by atoms with Crippen LogP contribution in [0, 0.1) is 11.8 Å². The van der Waals surface area contributed by atoms with Crippen LogP contribution in [-0.2, 0) is 0 Å². The monoisotopic (exact) mass is 317 g/mol. The molecule has 5 heteroatoms. The Hall–Kier alpha value is -1.62. The van der Waals surface area contributed by atoms with Gasteiger partial charge in [0.25, 0.3) is 5.91 Å². The van der Waals surface area contributed by atoms with Crippen LogP contribution in [0.5, 0.6) is 0 Å². The van der Waals surface area contributed by atoms with Gasteiger partial charge in [-0.2, -0.15) is 0 Å². The van der Waals surface area contributed by atoms with E-state index in [0.29, 0.717) is 29.6 Å². The van der Waals surface area contributed by atoms with Crippen LogP contribution in [0.25, 0.3) is 0 Å². The number of piperidine rings is 1. The van der Waals surface area contributed by atoms with Gasteiger partial charge in [-0.1, -0.05) is 13.8 Å². The van der Waals surface area contributed by atoms with Crippen LogP contribution >= 0.6 is 0 Å². The summed E-state index contributed by atoms with van der Waals surface area (Å²) in [4.78, 5) is 31.9. The number of nitrogens with zero attached hydrogens (tertiary/aromatic N) is 2. The fourth-order valence-electron chi connectivity index (χ4n) is 3.98. The van der Waals surface area contributed by atoms with Crippen LogP contribution in [0.15, 0.2) is 12.3 Å². The molecule has 1 aromatic heterocycles. The molecule has 1 N–H and O–H groups in total. The first-order valence-electron chi connectivity index (χ1n) is 8.76. The van der Waals surface area contributed by atoms with E-state index >= 15 is 0 Å². The van der Waals surface area contributed by atoms with Crippen molar-refractivity contribution >= 4 is 11.7 Å². The number of likely N-dealkylation sites (tertiary alicyclic amines) is 2. The summed E-state index contributed by atoms with van der Waals surface area (Å²) in [5, 5.41) is 0. The van der Waals surface area contributed by atoms with Crippen LogP contribution < -0.4 is 0 Å². The smallest absolute Gasteiger partial charge is 0.270 e. The molecule has 0 radical (unpaired) electrons. The number of H-pyrrole nitrogens is 1. The van der Waals surface area contributed by atoms with Gasteiger partial charge in [-0.3, -0.25) is 14.5 Å². The molecule has 2 aliphatic heterocycles. The summed E-state index contributed by atoms with van der Waals surface area (Å²) in [6, 6.07) is 1.72. The topological polar surface area (TPSA) is 56.4 Å². The number of nitrogens with one attached hydrogen (secondary N) is 1. The van der Waals surface area contributed by atoms with Crippen molar-refractivity contribution in [3.63, 3.8) is 0 Å². The van der Waals surface area contributed by atoms with Gasteiger partial charge in [0.1, 0.15) is 5.69 Å². The largest absolute Gasteiger partial charge is 0.356 e. The molecule has 0 aromatic carbocycles. The second-order valence-electron chi connectivity index (χ2n) is 7.36. The standard InChI is InChI=1S/C18H27N3O2/c1-13-7-14(2)11-20(10-13)12-17(22)15-8-16(19-9-15)18(23)21-5-3-4-6-21/h8-9,13-14,19H,3-7,10-12H2,1-2H3/t13-,14-/m0/s1. The molecule has 2 saturated heterocycles. The third-order valence-corrected chi connectivity index (χ3v) is 4.94. The lowest BCUT2D eigenvalue weighted by Gasteiger charge is -2.34. The second-order valence-corrected chi connectivity index (χ2v) is 7.36. The summed E-state index contributed by atoms with van der Waals surface area (Å²) in [5.41, 5.74) is 1.16. The van der Waals surface area contributed by atoms with Crippen LogP contribution in [0.3, 0.4) is 0 Å². The highest BCUT2D eigenvalue weighted by molar-refractivity contribution is 6.01. The summed E-state index contributed by atoms with van der Waals surface area (Å²) >= 11 is 0. The summed E-state index contributed by atoms with van der Waals surface area (Å²) < 4.78 is 0. The van der Waals surface area contributed by atoms with Crippen molar-refractivity contribution in [3.05, 3.63) is 23.5 Å². The number of carbonyl (C=O) groups excluding carboxylic acids is 2. The summed E-state index contributed by atoms with van der Waals surface area (Å²) in [6.45, 7) is 8.56. The van der Waals surface area contributed by atoms with Crippen molar-refractivity contribution in [2.45, 2.75) is 33.1 Å². The number of hydrogen-bond donors (Lipinski definition) is 1. The minimum atomic E-state index is 0.0155. The average molecular weight is 317 g/mol. The van der Waals surface area contributed by atoms with Crippen molar-refractivity contribution in [2.75, 3.05) is 32.7 Å². The van der Waals surface area contributed by atoms with Gasteiger partial charge < -0.3 is 9.88 Å². The third kappa shape index (κ3) is 3.83. The first-order chi connectivity index (χ1) is 11.0. The Morgan fingerprint density at radius 3 is 2.48 bits per heavy atom. The van der Waals surface area contributed by atoms with Crippen molar-refractivity contribution in [2.24, 2.45) is 11.8 Å². The normalized spacial score (nSPS) is 25.7. The zero-order valence-corrected chi connectivity index (χ0v) is 14.2. The first-order valence-corrected chi connectivity index (χ1v) is 8.76. The van der Waals surface area contributed by atoms with Crippen molar-refractivity contribution in [3.8, 4) is 0 Å². The van der Waals surface area contributed by atoms with Crippen LogP contribution in [0.4, 0.5) is 0 Å². The molecule has 1 amide bonds. The van der Waals surface area contributed by atoms with E-state index in [1.807, 2.05) is 4.90 Å². The van der Waals surface area contributed by atoms with Crippen LogP contribution in [-0.4, -0.2) is 59.2 Å². The van der Waals surface area contributed by atoms with E-state index in [-0.39, 0.29) is 11.7 Å². The Balaban J connectivity index is 1.60. The maximum atomic E-state index is 12.5. The summed E-state index contributed by atoms with van der Waals surface area (Å²) in [6.07, 6.45) is 5.07. The maximum absolute atomic E-state index is 12.5. The quantitative estimate of drug-likeness (QED) is 0.868. The molecule has 126 valence electrons. The van der Waals surface area contributed by atoms with E-state index < -0.39 is 0 Å². The minimum Gasteiger partial charge on any atom is -0.356 e. The van der Waals surface area contributed by atoms with Gasteiger partial charge in [-0.25, -0.2) is 0 Å². The molecule has 0 spiro atoms. The molecule has 0 saturated carbocycles. The average Bonchev–Trinajstić information content (AvgIpc) is 3.17. The first kappa shape index (κ1) is 16.2. The molecule has 2 atom stereocenters. The lowest BCUT2D eigenvalue weighted by Crippen LogP contribution is -2.41. The Morgan fingerprint density at radius 1 is 1.17 bits per heavy atom. The van der Waals surface area contributed by atoms with E-state index in [9.17, 15) is 9.59 Å². The Morgan fingerprint density at radius 2 is 1.83 bits per heavy atom. The van der Waals surface area contributed by atoms with Gasteiger partial charge >= 0.3 is 0 Å². The van der Waals surface area contributed by atoms with Gasteiger partial charge in [-0.05, 0) is 37.2 Å². The highest BCUT2D eigenvalue weighted by Crippen LogP contribution is 2.21. The minimum absolute atomic E-state index is 0.0155. The van der Waals surface area contributed by atoms with E-state index in [2.05, 4.69) is 23.7 Å². The number of aromatic nitrogens is 1. The van der Waals surface area contributed by atoms with Gasteiger partial charge in [0.2, 0.25) is 0 Å². The molecule has 1 aromatic rings. The van der Waals surface area contributed by atoms with E-state index in [1.165, 1.54) is 6.42 Å². The molecule has 5 nitrogen and oxygen atoms in total. The summed E-state index contributed by atoms with van der Waals surface area (Å²) in [5.74, 6) is 1.40. The lowest BCUT2D eigenvalue weighted by atomic mass is 9.91. The number of carbonyl (C=O) groups is 2. The van der Waals surface area contributed by atoms with Crippen molar-refractivity contribution in [1.82, 2.24) is 14.8 Å². The molecule has 23 heavy (non-hydrogen) atoms. The number of amides is 1. The fourth-order valence-corrected chi connectivity index (χ4v) is 3.98. The number of aromatic amines is 1. The van der Waals surface area contributed by atoms with E-state index in [1.54, 1.807) is 12.3 Å². The van der Waals surface area contributed by atoms with Gasteiger partial charge in [0, 0.05) is 37.9 Å². The Kier molecular flexibility index (Phi) is 4.85. The number of rotatable bonds is 4. The molecule has 3 heterocycles. The van der Waals surface area contributed by atoms with Crippen LogP contribution in [0.1, 0.15) is 54.0 Å². The highest BCUT2D eigenvalue weighted by Gasteiger charge is 2.25. The maximum Gasteiger partial charge on any atom is 0.270 e. The predicted molar refractivity (Wildman–Crippen MR) is 89.6 cm³/mol. The zero-order valence-electron chi connectivity index (χ0n) is 14.2. The summed E-state index contributed by atoms with van der Waals surface area (Å²) in [7, 11) is 0. The van der Waals surface area contributed by atoms with Crippen LogP contribution in [0.2, 0.25) is 0 Å². The molecule has 3 rings (SSSR count). The molecule has 0 aliphatic carbocycles. The fraction of sp³-hybridized carbons (Fsp3) is 0.667. The Bertz CT molecular complexity index is 565. The predicted octanol–water partition coefficient (Wildman–Crippen LogP) is 2.41. The molecular formula is C18H27N3O2. The van der Waals surface area contributed by atoms with E-state index in [0.717, 1.165) is 39.0 Å². The second kappa shape index (κ2) is 6.87. The lowest BCUT2D eigenvalue weighted by molar-refractivity contribution is 0.0787. The highest BCUT2D eigenvalue weighted by atomic mass is 16.2. The number of Topliss-reactive ketones (excluding diaryl/α,β-unsaturated/α-hetero) is 1. The Labute approximate surface area is 138 Å². The number of ketones is 1. The zero-order chi connectivity index (χ0) is 16.4. The molecule has 2 aliphatic rings. The van der Waals surface area contributed by atoms with Gasteiger partial charge in [0.05, 0.1) is 6.54 Å². The van der Waals surface area contributed by atoms with Gasteiger partial charge in [0.15, 0.2) is 5.78 Å². The molecule has 0 unspecified atom stereocenters. The van der Waals surface area contributed by atoms with E-state index in [4.69, 9.17) is 0 Å². The molecule has 0 bridgehead atoms.